The van der Waals surface area contributed by atoms with Crippen molar-refractivity contribution in [2.75, 3.05) is 25.6 Å². The molecule has 11 heteroatoms. The zero-order valence-electron chi connectivity index (χ0n) is 21.2. The van der Waals surface area contributed by atoms with Crippen molar-refractivity contribution in [2.24, 2.45) is 0 Å². The van der Waals surface area contributed by atoms with Crippen molar-refractivity contribution in [3.05, 3.63) is 64.8 Å². The molecule has 1 saturated carbocycles. The van der Waals surface area contributed by atoms with Gasteiger partial charge in [-0.05, 0) is 55.2 Å². The van der Waals surface area contributed by atoms with Crippen molar-refractivity contribution in [1.82, 2.24) is 25.6 Å². The van der Waals surface area contributed by atoms with E-state index in [9.17, 15) is 9.59 Å². The van der Waals surface area contributed by atoms with Gasteiger partial charge in [-0.1, -0.05) is 23.7 Å². The lowest BCUT2D eigenvalue weighted by atomic mass is 9.96. The van der Waals surface area contributed by atoms with E-state index in [1.54, 1.807) is 37.4 Å². The highest BCUT2D eigenvalue weighted by molar-refractivity contribution is 6.33. The first-order valence-electron chi connectivity index (χ1n) is 12.8. The van der Waals surface area contributed by atoms with E-state index in [-0.39, 0.29) is 24.0 Å². The Labute approximate surface area is 229 Å². The van der Waals surface area contributed by atoms with Gasteiger partial charge in [0.25, 0.3) is 11.8 Å². The number of nitrogens with one attached hydrogen (secondary N) is 4. The summed E-state index contributed by atoms with van der Waals surface area (Å²) in [5, 5.41) is 9.83. The first-order valence-corrected chi connectivity index (χ1v) is 13.2. The van der Waals surface area contributed by atoms with Gasteiger partial charge in [-0.15, -0.1) is 0 Å². The summed E-state index contributed by atoms with van der Waals surface area (Å²) < 4.78 is 11.4. The van der Waals surface area contributed by atoms with Crippen LogP contribution in [0.25, 0.3) is 22.2 Å². The first kappa shape index (κ1) is 25.1. The Balaban J connectivity index is 1.30. The molecule has 0 spiro atoms. The van der Waals surface area contributed by atoms with Gasteiger partial charge in [-0.3, -0.25) is 9.59 Å². The molecule has 2 aromatic carbocycles. The van der Waals surface area contributed by atoms with Crippen LogP contribution in [-0.4, -0.2) is 59.2 Å². The summed E-state index contributed by atoms with van der Waals surface area (Å²) >= 11 is 6.52. The van der Waals surface area contributed by atoms with Crippen LogP contribution in [0.4, 0.5) is 11.6 Å². The molecule has 39 heavy (non-hydrogen) atoms. The molecule has 2 amide bonds. The van der Waals surface area contributed by atoms with Gasteiger partial charge < -0.3 is 30.4 Å². The van der Waals surface area contributed by atoms with Crippen LogP contribution in [0.1, 0.15) is 40.0 Å². The van der Waals surface area contributed by atoms with Crippen LogP contribution in [0.3, 0.4) is 0 Å². The monoisotopic (exact) mass is 546 g/mol. The predicted octanol–water partition coefficient (Wildman–Crippen LogP) is 4.44. The van der Waals surface area contributed by atoms with E-state index in [1.807, 2.05) is 18.3 Å². The number of hydrogen-bond donors (Lipinski definition) is 4. The molecule has 10 nitrogen and oxygen atoms in total. The highest BCUT2D eigenvalue weighted by Crippen LogP contribution is 2.37. The van der Waals surface area contributed by atoms with Gasteiger partial charge in [-0.25, -0.2) is 0 Å². The van der Waals surface area contributed by atoms with Crippen molar-refractivity contribution >= 4 is 46.1 Å². The third-order valence-electron chi connectivity index (χ3n) is 6.97. The molecule has 0 unspecified atom stereocenters. The fraction of sp³-hybridized carbons (Fsp3) is 0.286. The quantitative estimate of drug-likeness (QED) is 0.257. The second kappa shape index (κ2) is 10.5. The van der Waals surface area contributed by atoms with Crippen molar-refractivity contribution in [3.63, 3.8) is 0 Å². The molecule has 2 aromatic heterocycles. The SMILES string of the molecule is CNC(=O)c1ccc(-c2c[nH]c3nc(Nc4ccc(C(=O)NC5COC5)cc4Cl)nc(OC4CCC4)c23)cc1. The molecule has 2 aliphatic rings. The average molecular weight is 547 g/mol. The number of ether oxygens (including phenoxy) is 2. The number of rotatable bonds is 8. The van der Waals surface area contributed by atoms with E-state index in [2.05, 4.69) is 25.9 Å². The smallest absolute Gasteiger partial charge is 0.251 e. The van der Waals surface area contributed by atoms with E-state index in [1.165, 1.54) is 0 Å². The molecule has 4 N–H and O–H groups in total. The lowest BCUT2D eigenvalue weighted by Gasteiger charge is -2.26. The van der Waals surface area contributed by atoms with Gasteiger partial charge in [0.1, 0.15) is 11.8 Å². The fourth-order valence-electron chi connectivity index (χ4n) is 4.43. The maximum Gasteiger partial charge on any atom is 0.251 e. The molecule has 3 heterocycles. The number of carbonyl (C=O) groups is 2. The summed E-state index contributed by atoms with van der Waals surface area (Å²) in [6.07, 6.45) is 5.01. The Morgan fingerprint density at radius 3 is 2.46 bits per heavy atom. The normalized spacial score (nSPS) is 15.3. The number of H-pyrrole nitrogens is 1. The third kappa shape index (κ3) is 5.13. The molecule has 1 aliphatic carbocycles. The number of aromatic nitrogens is 3. The van der Waals surface area contributed by atoms with E-state index >= 15 is 0 Å². The van der Waals surface area contributed by atoms with Crippen LogP contribution >= 0.6 is 11.6 Å². The Morgan fingerprint density at radius 2 is 1.82 bits per heavy atom. The Kier molecular flexibility index (Phi) is 6.80. The van der Waals surface area contributed by atoms with Gasteiger partial charge in [0.2, 0.25) is 11.8 Å². The summed E-state index contributed by atoms with van der Waals surface area (Å²) in [6, 6.07) is 12.4. The van der Waals surface area contributed by atoms with Crippen LogP contribution in [0.2, 0.25) is 5.02 Å². The average Bonchev–Trinajstić information content (AvgIpc) is 3.33. The number of fused-ring (bicyclic) bond motifs is 1. The van der Waals surface area contributed by atoms with Crippen LogP contribution in [0, 0.1) is 0 Å². The standard InChI is InChI=1S/C28H27ClN6O4/c1-30-25(36)16-7-5-15(6-8-16)20-12-31-24-23(20)27(39-19-3-2-4-19)35-28(34-24)33-22-10-9-17(11-21(22)29)26(37)32-18-13-38-14-18/h5-12,18-19H,2-4,13-14H2,1H3,(H,30,36)(H,32,37)(H2,31,33,34,35). The van der Waals surface area contributed by atoms with Gasteiger partial charge in [0.05, 0.1) is 35.4 Å². The molecular weight excluding hydrogens is 520 g/mol. The van der Waals surface area contributed by atoms with Crippen LogP contribution in [-0.2, 0) is 4.74 Å². The summed E-state index contributed by atoms with van der Waals surface area (Å²) in [5.74, 6) is 0.432. The maximum absolute atomic E-state index is 12.5. The topological polar surface area (TPSA) is 130 Å². The molecule has 6 rings (SSSR count). The Bertz CT molecular complexity index is 1550. The molecule has 0 radical (unpaired) electrons. The van der Waals surface area contributed by atoms with Crippen LogP contribution in [0.15, 0.2) is 48.7 Å². The van der Waals surface area contributed by atoms with Gasteiger partial charge >= 0.3 is 0 Å². The molecule has 200 valence electrons. The minimum absolute atomic E-state index is 0.0303. The van der Waals surface area contributed by atoms with E-state index in [0.717, 1.165) is 35.8 Å². The van der Waals surface area contributed by atoms with Gasteiger partial charge in [0.15, 0.2) is 0 Å². The maximum atomic E-state index is 12.5. The largest absolute Gasteiger partial charge is 0.474 e. The second-order valence-corrected chi connectivity index (χ2v) is 10.0. The summed E-state index contributed by atoms with van der Waals surface area (Å²) in [7, 11) is 1.60. The van der Waals surface area contributed by atoms with E-state index < -0.39 is 0 Å². The summed E-state index contributed by atoms with van der Waals surface area (Å²) in [6.45, 7) is 1.04. The van der Waals surface area contributed by atoms with Crippen molar-refractivity contribution in [2.45, 2.75) is 31.4 Å². The lowest BCUT2D eigenvalue weighted by molar-refractivity contribution is -0.00346. The fourth-order valence-corrected chi connectivity index (χ4v) is 4.65. The molecule has 0 bridgehead atoms. The number of carbonyl (C=O) groups excluding carboxylic acids is 2. The van der Waals surface area contributed by atoms with Crippen molar-refractivity contribution in [3.8, 4) is 17.0 Å². The first-order chi connectivity index (χ1) is 19.0. The number of anilines is 2. The zero-order valence-corrected chi connectivity index (χ0v) is 22.0. The van der Waals surface area contributed by atoms with E-state index in [4.69, 9.17) is 26.1 Å². The van der Waals surface area contributed by atoms with Gasteiger partial charge in [0, 0.05) is 29.9 Å². The highest BCUT2D eigenvalue weighted by atomic mass is 35.5. The predicted molar refractivity (Wildman–Crippen MR) is 148 cm³/mol. The Morgan fingerprint density at radius 1 is 1.05 bits per heavy atom. The van der Waals surface area contributed by atoms with Crippen molar-refractivity contribution in [1.29, 1.82) is 0 Å². The van der Waals surface area contributed by atoms with Crippen LogP contribution < -0.4 is 20.7 Å². The molecular formula is C28H27ClN6O4. The number of benzene rings is 2. The van der Waals surface area contributed by atoms with Crippen LogP contribution in [0.5, 0.6) is 5.88 Å². The third-order valence-corrected chi connectivity index (χ3v) is 7.28. The van der Waals surface area contributed by atoms with E-state index in [0.29, 0.717) is 52.5 Å². The summed E-state index contributed by atoms with van der Waals surface area (Å²) in [5.41, 5.74) is 3.97. The number of halogens is 1. The molecule has 2 fully saturated rings. The highest BCUT2D eigenvalue weighted by Gasteiger charge is 2.25. The molecule has 4 aromatic rings. The van der Waals surface area contributed by atoms with Gasteiger partial charge in [-0.2, -0.15) is 9.97 Å². The molecule has 0 atom stereocenters. The number of aromatic amines is 1. The molecule has 1 aliphatic heterocycles. The minimum atomic E-state index is -0.201. The van der Waals surface area contributed by atoms with Crippen molar-refractivity contribution < 1.29 is 19.1 Å². The lowest BCUT2D eigenvalue weighted by Crippen LogP contribution is -2.48. The summed E-state index contributed by atoms with van der Waals surface area (Å²) in [4.78, 5) is 37.0. The number of nitrogens with zero attached hydrogens (tertiary/aromatic N) is 2. The number of hydrogen-bond acceptors (Lipinski definition) is 7. The zero-order chi connectivity index (χ0) is 26.9. The Hall–Kier alpha value is -4.15. The number of amides is 2. The minimum Gasteiger partial charge on any atom is -0.474 e. The second-order valence-electron chi connectivity index (χ2n) is 9.63. The molecule has 1 saturated heterocycles.